The zero-order valence-corrected chi connectivity index (χ0v) is 8.65. The van der Waals surface area contributed by atoms with Gasteiger partial charge in [0.1, 0.15) is 5.78 Å². The highest BCUT2D eigenvalue weighted by Crippen LogP contribution is 1.73. The number of ketones is 1. The lowest BCUT2D eigenvalue weighted by molar-refractivity contribution is -0.114. The number of hydrogen-bond donors (Lipinski definition) is 0. The number of Topliss-reactive ketones (excluding diaryl/α,β-unsaturated/α-hetero) is 1. The van der Waals surface area contributed by atoms with Crippen LogP contribution in [0.25, 0.3) is 0 Å². The summed E-state index contributed by atoms with van der Waals surface area (Å²) in [7, 11) is 3.25. The van der Waals surface area contributed by atoms with Crippen molar-refractivity contribution in [3.8, 4) is 0 Å². The summed E-state index contributed by atoms with van der Waals surface area (Å²) < 4.78 is 4.25. The van der Waals surface area contributed by atoms with E-state index in [0.717, 1.165) is 0 Å². The molecule has 1 aromatic heterocycles. The number of pyridine rings is 1. The Morgan fingerprint density at radius 1 is 1.08 bits per heavy atom. The van der Waals surface area contributed by atoms with Crippen LogP contribution < -0.4 is 0 Å². The Balaban J connectivity index is 0. The van der Waals surface area contributed by atoms with Gasteiger partial charge in [0.2, 0.25) is 0 Å². The third kappa shape index (κ3) is 36.4. The van der Waals surface area contributed by atoms with Gasteiger partial charge < -0.3 is 9.53 Å². The molecule has 1 aromatic rings. The van der Waals surface area contributed by atoms with Gasteiger partial charge in [0.15, 0.2) is 0 Å². The topological polar surface area (TPSA) is 39.2 Å². The third-order valence-corrected chi connectivity index (χ3v) is 0.566. The molecule has 0 amide bonds. The molecular weight excluding hydrogens is 166 g/mol. The van der Waals surface area contributed by atoms with Crippen LogP contribution in [0.5, 0.6) is 0 Å². The van der Waals surface area contributed by atoms with Crippen LogP contribution in [-0.4, -0.2) is 25.0 Å². The van der Waals surface area contributed by atoms with Crippen molar-refractivity contribution in [2.75, 3.05) is 14.2 Å². The Bertz CT molecular complexity index is 157. The van der Waals surface area contributed by atoms with Crippen molar-refractivity contribution in [2.45, 2.75) is 13.8 Å². The number of hydrogen-bond acceptors (Lipinski definition) is 3. The number of carbonyl (C=O) groups is 1. The minimum atomic E-state index is 0.167. The molecule has 0 fully saturated rings. The summed E-state index contributed by atoms with van der Waals surface area (Å²) in [4.78, 5) is 13.2. The first-order chi connectivity index (χ1) is 6.15. The van der Waals surface area contributed by atoms with Crippen LogP contribution in [0.15, 0.2) is 30.6 Å². The zero-order chi connectivity index (χ0) is 10.5. The molecule has 0 spiro atoms. The average molecular weight is 183 g/mol. The van der Waals surface area contributed by atoms with Crippen molar-refractivity contribution in [3.05, 3.63) is 30.6 Å². The predicted octanol–water partition coefficient (Wildman–Crippen LogP) is 1.94. The molecule has 0 atom stereocenters. The van der Waals surface area contributed by atoms with E-state index in [-0.39, 0.29) is 5.78 Å². The van der Waals surface area contributed by atoms with Gasteiger partial charge in [0.25, 0.3) is 0 Å². The lowest BCUT2D eigenvalue weighted by Gasteiger charge is -1.70. The van der Waals surface area contributed by atoms with Crippen LogP contribution in [0.2, 0.25) is 0 Å². The van der Waals surface area contributed by atoms with E-state index in [1.165, 1.54) is 13.8 Å². The molecule has 0 saturated heterocycles. The lowest BCUT2D eigenvalue weighted by atomic mass is 10.5. The largest absolute Gasteiger partial charge is 0.388 e. The Labute approximate surface area is 79.8 Å². The molecule has 0 aliphatic carbocycles. The van der Waals surface area contributed by atoms with Crippen LogP contribution in [0.3, 0.4) is 0 Å². The summed E-state index contributed by atoms with van der Waals surface area (Å²) in [5.41, 5.74) is 0. The van der Waals surface area contributed by atoms with E-state index in [4.69, 9.17) is 0 Å². The highest BCUT2D eigenvalue weighted by molar-refractivity contribution is 5.72. The van der Waals surface area contributed by atoms with Gasteiger partial charge in [0, 0.05) is 26.6 Å². The predicted molar refractivity (Wildman–Crippen MR) is 53.5 cm³/mol. The molecule has 0 aromatic carbocycles. The molecule has 0 saturated carbocycles. The maximum atomic E-state index is 9.44. The summed E-state index contributed by atoms with van der Waals surface area (Å²) >= 11 is 0. The summed E-state index contributed by atoms with van der Waals surface area (Å²) in [6.45, 7) is 3.06. The SMILES string of the molecule is CC(C)=O.COC.c1ccncc1. The van der Waals surface area contributed by atoms with Gasteiger partial charge in [-0.25, -0.2) is 0 Å². The van der Waals surface area contributed by atoms with Gasteiger partial charge in [-0.1, -0.05) is 6.07 Å². The van der Waals surface area contributed by atoms with Crippen molar-refractivity contribution >= 4 is 5.78 Å². The first-order valence-corrected chi connectivity index (χ1v) is 3.87. The monoisotopic (exact) mass is 183 g/mol. The molecule has 0 bridgehead atoms. The molecule has 1 rings (SSSR count). The Hall–Kier alpha value is -1.22. The third-order valence-electron chi connectivity index (χ3n) is 0.566. The first kappa shape index (κ1) is 14.3. The molecular formula is C10H17NO2. The second-order valence-electron chi connectivity index (χ2n) is 2.34. The molecule has 3 heteroatoms. The molecule has 13 heavy (non-hydrogen) atoms. The van der Waals surface area contributed by atoms with Gasteiger partial charge in [0.05, 0.1) is 0 Å². The molecule has 0 aliphatic rings. The number of methoxy groups -OCH3 is 1. The molecule has 0 unspecified atom stereocenters. The number of carbonyl (C=O) groups excluding carboxylic acids is 1. The maximum Gasteiger partial charge on any atom is 0.126 e. The van der Waals surface area contributed by atoms with E-state index in [0.29, 0.717) is 0 Å². The molecule has 0 radical (unpaired) electrons. The molecule has 74 valence electrons. The van der Waals surface area contributed by atoms with Gasteiger partial charge >= 0.3 is 0 Å². The van der Waals surface area contributed by atoms with Gasteiger partial charge in [-0.05, 0) is 26.0 Å². The molecule has 3 nitrogen and oxygen atoms in total. The van der Waals surface area contributed by atoms with Gasteiger partial charge in [-0.2, -0.15) is 0 Å². The quantitative estimate of drug-likeness (QED) is 0.617. The molecule has 0 N–H and O–H groups in total. The van der Waals surface area contributed by atoms with Crippen molar-refractivity contribution in [1.82, 2.24) is 4.98 Å². The number of ether oxygens (including phenoxy) is 1. The zero-order valence-electron chi connectivity index (χ0n) is 8.65. The molecule has 0 aliphatic heterocycles. The summed E-state index contributed by atoms with van der Waals surface area (Å²) in [5.74, 6) is 0.167. The fraction of sp³-hybridized carbons (Fsp3) is 0.400. The van der Waals surface area contributed by atoms with Crippen LogP contribution in [0.1, 0.15) is 13.8 Å². The van der Waals surface area contributed by atoms with Crippen LogP contribution in [0, 0.1) is 0 Å². The second-order valence-corrected chi connectivity index (χ2v) is 2.34. The maximum absolute atomic E-state index is 9.44. The van der Waals surface area contributed by atoms with Gasteiger partial charge in [-0.15, -0.1) is 0 Å². The highest BCUT2D eigenvalue weighted by atomic mass is 16.4. The Morgan fingerprint density at radius 2 is 1.38 bits per heavy atom. The fourth-order valence-electron chi connectivity index (χ4n) is 0.313. The normalized spacial score (nSPS) is 7.08. The minimum Gasteiger partial charge on any atom is -0.388 e. The minimum absolute atomic E-state index is 0.167. The van der Waals surface area contributed by atoms with E-state index >= 15 is 0 Å². The Kier molecular flexibility index (Phi) is 14.7. The highest BCUT2D eigenvalue weighted by Gasteiger charge is 1.62. The van der Waals surface area contributed by atoms with E-state index in [2.05, 4.69) is 9.72 Å². The Morgan fingerprint density at radius 3 is 1.46 bits per heavy atom. The van der Waals surface area contributed by atoms with Crippen LogP contribution >= 0.6 is 0 Å². The first-order valence-electron chi connectivity index (χ1n) is 3.87. The number of rotatable bonds is 0. The van der Waals surface area contributed by atoms with E-state index in [1.54, 1.807) is 26.6 Å². The standard InChI is InChI=1S/C5H5N.C3H6O.C2H6O/c1-2-4-6-5-3-1;1-3(2)4;1-3-2/h1-5H;1-2H3;1-2H3. The van der Waals surface area contributed by atoms with Gasteiger partial charge in [-0.3, -0.25) is 4.98 Å². The smallest absolute Gasteiger partial charge is 0.126 e. The van der Waals surface area contributed by atoms with Crippen molar-refractivity contribution in [1.29, 1.82) is 0 Å². The second kappa shape index (κ2) is 13.4. The van der Waals surface area contributed by atoms with Crippen LogP contribution in [-0.2, 0) is 9.53 Å². The van der Waals surface area contributed by atoms with Crippen LogP contribution in [0.4, 0.5) is 0 Å². The summed E-state index contributed by atoms with van der Waals surface area (Å²) in [6.07, 6.45) is 3.50. The summed E-state index contributed by atoms with van der Waals surface area (Å²) in [5, 5.41) is 0. The van der Waals surface area contributed by atoms with Crippen molar-refractivity contribution in [3.63, 3.8) is 0 Å². The van der Waals surface area contributed by atoms with Crippen molar-refractivity contribution < 1.29 is 9.53 Å². The van der Waals surface area contributed by atoms with E-state index < -0.39 is 0 Å². The summed E-state index contributed by atoms with van der Waals surface area (Å²) in [6, 6.07) is 5.72. The average Bonchev–Trinajstić information content (AvgIpc) is 2.08. The fourth-order valence-corrected chi connectivity index (χ4v) is 0.313. The number of aromatic nitrogens is 1. The van der Waals surface area contributed by atoms with E-state index in [1.807, 2.05) is 18.2 Å². The van der Waals surface area contributed by atoms with E-state index in [9.17, 15) is 4.79 Å². The van der Waals surface area contributed by atoms with Crippen molar-refractivity contribution in [2.24, 2.45) is 0 Å². The lowest BCUT2D eigenvalue weighted by Crippen LogP contribution is -1.69. The molecule has 1 heterocycles. The number of nitrogens with zero attached hydrogens (tertiary/aromatic N) is 1.